The second-order valence-corrected chi connectivity index (χ2v) is 8.97. The van der Waals surface area contributed by atoms with Crippen molar-refractivity contribution >= 4 is 33.2 Å². The van der Waals surface area contributed by atoms with Crippen molar-refractivity contribution in [2.24, 2.45) is 0 Å². The number of carbonyl (C=O) groups is 1. The molecule has 0 saturated heterocycles. The summed E-state index contributed by atoms with van der Waals surface area (Å²) in [6.07, 6.45) is 0. The molecular weight excluding hydrogens is 452 g/mol. The highest BCUT2D eigenvalue weighted by Crippen LogP contribution is 2.25. The Kier molecular flexibility index (Phi) is 7.97. The van der Waals surface area contributed by atoms with Crippen molar-refractivity contribution in [1.29, 1.82) is 0 Å². The Morgan fingerprint density at radius 1 is 0.938 bits per heavy atom. The van der Waals surface area contributed by atoms with Gasteiger partial charge in [0.05, 0.1) is 24.2 Å². The summed E-state index contributed by atoms with van der Waals surface area (Å²) < 4.78 is 38.2. The zero-order chi connectivity index (χ0) is 23.0. The van der Waals surface area contributed by atoms with Crippen LogP contribution in [-0.4, -0.2) is 41.1 Å². The van der Waals surface area contributed by atoms with E-state index in [0.29, 0.717) is 22.2 Å². The van der Waals surface area contributed by atoms with Crippen LogP contribution in [0.1, 0.15) is 0 Å². The molecule has 32 heavy (non-hydrogen) atoms. The summed E-state index contributed by atoms with van der Waals surface area (Å²) in [5.74, 6) is 0.741. The van der Waals surface area contributed by atoms with Crippen LogP contribution in [0.3, 0.4) is 0 Å². The summed E-state index contributed by atoms with van der Waals surface area (Å²) in [6, 6.07) is 21.3. The summed E-state index contributed by atoms with van der Waals surface area (Å²) in [6.45, 7) is 0.0507. The molecule has 3 rings (SSSR count). The van der Waals surface area contributed by atoms with Gasteiger partial charge < -0.3 is 14.8 Å². The lowest BCUT2D eigenvalue weighted by Crippen LogP contribution is -2.41. The number of amides is 1. The highest BCUT2D eigenvalue weighted by molar-refractivity contribution is 7.92. The van der Waals surface area contributed by atoms with Crippen LogP contribution in [0, 0.1) is 0 Å². The van der Waals surface area contributed by atoms with Crippen molar-refractivity contribution in [3.05, 3.63) is 83.9 Å². The van der Waals surface area contributed by atoms with Gasteiger partial charge in [-0.25, -0.2) is 8.42 Å². The van der Waals surface area contributed by atoms with Crippen LogP contribution in [0.15, 0.2) is 83.8 Å². The Bertz CT molecular complexity index is 1120. The van der Waals surface area contributed by atoms with Crippen molar-refractivity contribution in [2.75, 3.05) is 31.1 Å². The van der Waals surface area contributed by atoms with E-state index in [1.54, 1.807) is 66.7 Å². The zero-order valence-corrected chi connectivity index (χ0v) is 19.0. The number of hydrogen-bond donors (Lipinski definition) is 1. The molecule has 1 amide bonds. The number of nitrogens with zero attached hydrogens (tertiary/aromatic N) is 1. The Hall–Kier alpha value is -3.23. The fourth-order valence-corrected chi connectivity index (χ4v) is 4.43. The van der Waals surface area contributed by atoms with E-state index < -0.39 is 15.9 Å². The molecule has 3 aromatic carbocycles. The van der Waals surface area contributed by atoms with Crippen LogP contribution in [0.4, 0.5) is 5.69 Å². The smallest absolute Gasteiger partial charge is 0.264 e. The van der Waals surface area contributed by atoms with E-state index in [1.165, 1.54) is 19.2 Å². The number of halogens is 1. The van der Waals surface area contributed by atoms with Gasteiger partial charge in [0.25, 0.3) is 10.0 Å². The fraction of sp³-hybridized carbons (Fsp3) is 0.174. The minimum absolute atomic E-state index is 0.0923. The van der Waals surface area contributed by atoms with Gasteiger partial charge in [-0.2, -0.15) is 0 Å². The number of carbonyl (C=O) groups excluding carboxylic acids is 1. The molecule has 0 aliphatic carbocycles. The van der Waals surface area contributed by atoms with Crippen molar-refractivity contribution < 1.29 is 22.7 Å². The summed E-state index contributed by atoms with van der Waals surface area (Å²) >= 11 is 5.84. The molecule has 0 fully saturated rings. The van der Waals surface area contributed by atoms with Crippen LogP contribution in [0.2, 0.25) is 5.02 Å². The largest absolute Gasteiger partial charge is 0.497 e. The van der Waals surface area contributed by atoms with Gasteiger partial charge in [0.1, 0.15) is 24.7 Å². The first-order valence-electron chi connectivity index (χ1n) is 9.77. The number of anilines is 1. The van der Waals surface area contributed by atoms with Gasteiger partial charge >= 0.3 is 0 Å². The predicted octanol–water partition coefficient (Wildman–Crippen LogP) is 3.74. The number of hydrogen-bond acceptors (Lipinski definition) is 5. The fourth-order valence-electron chi connectivity index (χ4n) is 2.86. The van der Waals surface area contributed by atoms with E-state index in [9.17, 15) is 13.2 Å². The normalized spacial score (nSPS) is 10.9. The first kappa shape index (κ1) is 23.4. The maximum Gasteiger partial charge on any atom is 0.264 e. The number of benzene rings is 3. The molecule has 0 unspecified atom stereocenters. The van der Waals surface area contributed by atoms with Crippen molar-refractivity contribution in [1.82, 2.24) is 5.32 Å². The van der Waals surface area contributed by atoms with Crippen LogP contribution in [0.5, 0.6) is 11.5 Å². The molecule has 1 N–H and O–H groups in total. The molecule has 0 atom stereocenters. The molecule has 3 aromatic rings. The Morgan fingerprint density at radius 3 is 2.19 bits per heavy atom. The first-order valence-corrected chi connectivity index (χ1v) is 11.6. The van der Waals surface area contributed by atoms with E-state index in [1.807, 2.05) is 0 Å². The maximum absolute atomic E-state index is 13.2. The molecule has 0 heterocycles. The van der Waals surface area contributed by atoms with E-state index in [2.05, 4.69) is 5.32 Å². The SMILES string of the molecule is COc1ccc(N(CC(=O)NCCOc2ccc(Cl)cc2)S(=O)(=O)c2ccccc2)cc1. The summed E-state index contributed by atoms with van der Waals surface area (Å²) in [5, 5.41) is 3.29. The summed E-state index contributed by atoms with van der Waals surface area (Å²) in [7, 11) is -2.44. The van der Waals surface area contributed by atoms with E-state index in [-0.39, 0.29) is 24.6 Å². The van der Waals surface area contributed by atoms with Crippen LogP contribution >= 0.6 is 11.6 Å². The topological polar surface area (TPSA) is 84.9 Å². The van der Waals surface area contributed by atoms with Crippen LogP contribution in [0.25, 0.3) is 0 Å². The van der Waals surface area contributed by atoms with Gasteiger partial charge in [-0.1, -0.05) is 29.8 Å². The third-order valence-electron chi connectivity index (χ3n) is 4.49. The maximum atomic E-state index is 13.2. The van der Waals surface area contributed by atoms with E-state index in [0.717, 1.165) is 4.31 Å². The predicted molar refractivity (Wildman–Crippen MR) is 124 cm³/mol. The van der Waals surface area contributed by atoms with Gasteiger partial charge in [-0.05, 0) is 60.7 Å². The minimum atomic E-state index is -3.96. The number of nitrogens with one attached hydrogen (secondary N) is 1. The minimum Gasteiger partial charge on any atom is -0.497 e. The highest BCUT2D eigenvalue weighted by atomic mass is 35.5. The average molecular weight is 475 g/mol. The molecule has 0 spiro atoms. The number of ether oxygens (including phenoxy) is 2. The molecular formula is C23H23ClN2O5S. The summed E-state index contributed by atoms with van der Waals surface area (Å²) in [5.41, 5.74) is 0.349. The van der Waals surface area contributed by atoms with Crippen molar-refractivity contribution in [3.8, 4) is 11.5 Å². The lowest BCUT2D eigenvalue weighted by molar-refractivity contribution is -0.119. The monoisotopic (exact) mass is 474 g/mol. The second-order valence-electron chi connectivity index (χ2n) is 6.68. The molecule has 7 nitrogen and oxygen atoms in total. The molecule has 0 aliphatic heterocycles. The molecule has 0 aliphatic rings. The molecule has 9 heteroatoms. The van der Waals surface area contributed by atoms with Gasteiger partial charge in [0, 0.05) is 5.02 Å². The van der Waals surface area contributed by atoms with Gasteiger partial charge in [0.15, 0.2) is 0 Å². The molecule has 0 radical (unpaired) electrons. The summed E-state index contributed by atoms with van der Waals surface area (Å²) in [4.78, 5) is 12.7. The Balaban J connectivity index is 1.69. The van der Waals surface area contributed by atoms with Crippen molar-refractivity contribution in [2.45, 2.75) is 4.90 Å². The van der Waals surface area contributed by atoms with Gasteiger partial charge in [-0.3, -0.25) is 9.10 Å². The molecule has 0 aromatic heterocycles. The highest BCUT2D eigenvalue weighted by Gasteiger charge is 2.27. The van der Waals surface area contributed by atoms with Crippen LogP contribution in [-0.2, 0) is 14.8 Å². The van der Waals surface area contributed by atoms with Crippen LogP contribution < -0.4 is 19.1 Å². The standard InChI is InChI=1S/C23H23ClN2O5S/c1-30-20-13-9-19(10-14-20)26(32(28,29)22-5-3-2-4-6-22)17-23(27)25-15-16-31-21-11-7-18(24)8-12-21/h2-14H,15-17H2,1H3,(H,25,27). The van der Waals surface area contributed by atoms with Gasteiger partial charge in [-0.15, -0.1) is 0 Å². The van der Waals surface area contributed by atoms with Crippen molar-refractivity contribution in [3.63, 3.8) is 0 Å². The third kappa shape index (κ3) is 6.15. The number of methoxy groups -OCH3 is 1. The Labute approximate surface area is 192 Å². The second kappa shape index (κ2) is 10.9. The lowest BCUT2D eigenvalue weighted by atomic mass is 10.3. The third-order valence-corrected chi connectivity index (χ3v) is 6.53. The molecule has 0 bridgehead atoms. The van der Waals surface area contributed by atoms with E-state index in [4.69, 9.17) is 21.1 Å². The quantitative estimate of drug-likeness (QED) is 0.452. The first-order chi connectivity index (χ1) is 15.4. The zero-order valence-electron chi connectivity index (χ0n) is 17.4. The lowest BCUT2D eigenvalue weighted by Gasteiger charge is -2.24. The van der Waals surface area contributed by atoms with Gasteiger partial charge in [0.2, 0.25) is 5.91 Å². The Morgan fingerprint density at radius 2 is 1.56 bits per heavy atom. The average Bonchev–Trinajstić information content (AvgIpc) is 2.82. The van der Waals surface area contributed by atoms with E-state index >= 15 is 0 Å². The number of sulfonamides is 1. The molecule has 168 valence electrons. The number of rotatable bonds is 10. The molecule has 0 saturated carbocycles.